The first-order valence-electron chi connectivity index (χ1n) is 13.0. The van der Waals surface area contributed by atoms with Crippen LogP contribution in [-0.4, -0.2) is 79.1 Å². The first-order chi connectivity index (χ1) is 19.1. The second-order valence-corrected chi connectivity index (χ2v) is 10.1. The van der Waals surface area contributed by atoms with Crippen LogP contribution < -0.4 is 10.2 Å². The van der Waals surface area contributed by atoms with Crippen molar-refractivity contribution in [1.29, 1.82) is 0 Å². The number of nitro benzene ring substituents is 1. The lowest BCUT2D eigenvalue weighted by Gasteiger charge is -2.34. The van der Waals surface area contributed by atoms with Gasteiger partial charge in [0.05, 0.1) is 17.0 Å². The molecule has 0 unspecified atom stereocenters. The summed E-state index contributed by atoms with van der Waals surface area (Å²) < 4.78 is 0. The molecule has 0 bridgehead atoms. The first kappa shape index (κ1) is 28.4. The Labute approximate surface area is 233 Å². The third-order valence-electron chi connectivity index (χ3n) is 7.22. The van der Waals surface area contributed by atoms with Gasteiger partial charge in [-0.25, -0.2) is 0 Å². The Bertz CT molecular complexity index is 1460. The maximum Gasteiger partial charge on any atom is 0.293 e. The Morgan fingerprint density at radius 1 is 0.925 bits per heavy atom. The molecule has 1 aliphatic rings. The predicted molar refractivity (Wildman–Crippen MR) is 154 cm³/mol. The molecule has 1 aliphatic heterocycles. The van der Waals surface area contributed by atoms with Gasteiger partial charge in [-0.3, -0.25) is 29.4 Å². The highest BCUT2D eigenvalue weighted by Crippen LogP contribution is 2.29. The van der Waals surface area contributed by atoms with E-state index in [0.29, 0.717) is 31.9 Å². The monoisotopic (exact) mass is 543 g/mol. The highest BCUT2D eigenvalue weighted by molar-refractivity contribution is 6.15. The summed E-state index contributed by atoms with van der Waals surface area (Å²) in [5.41, 5.74) is 3.70. The van der Waals surface area contributed by atoms with Gasteiger partial charge in [0, 0.05) is 63.2 Å². The van der Waals surface area contributed by atoms with Crippen molar-refractivity contribution in [3.05, 3.63) is 98.6 Å². The Balaban J connectivity index is 1.43. The molecule has 0 aromatic heterocycles. The van der Waals surface area contributed by atoms with Gasteiger partial charge in [-0.2, -0.15) is 0 Å². The smallest absolute Gasteiger partial charge is 0.293 e. The summed E-state index contributed by atoms with van der Waals surface area (Å²) in [5.74, 6) is -0.860. The van der Waals surface area contributed by atoms with Gasteiger partial charge in [-0.1, -0.05) is 30.3 Å². The number of benzene rings is 3. The van der Waals surface area contributed by atoms with Crippen LogP contribution in [0.1, 0.15) is 37.4 Å². The summed E-state index contributed by atoms with van der Waals surface area (Å²) in [6, 6.07) is 16.6. The Morgan fingerprint density at radius 2 is 1.60 bits per heavy atom. The van der Waals surface area contributed by atoms with Crippen molar-refractivity contribution in [3.63, 3.8) is 0 Å². The van der Waals surface area contributed by atoms with Crippen LogP contribution in [-0.2, 0) is 4.79 Å². The molecule has 1 saturated heterocycles. The van der Waals surface area contributed by atoms with E-state index in [-0.39, 0.29) is 40.7 Å². The fraction of sp³-hybridized carbons (Fsp3) is 0.300. The maximum atomic E-state index is 13.5. The highest BCUT2D eigenvalue weighted by atomic mass is 16.6. The van der Waals surface area contributed by atoms with Gasteiger partial charge in [0.25, 0.3) is 11.6 Å². The van der Waals surface area contributed by atoms with Gasteiger partial charge < -0.3 is 15.1 Å². The molecule has 10 nitrogen and oxygen atoms in total. The quantitative estimate of drug-likeness (QED) is 0.260. The topological polar surface area (TPSA) is 116 Å². The lowest BCUT2D eigenvalue weighted by atomic mass is 9.96. The summed E-state index contributed by atoms with van der Waals surface area (Å²) in [6.45, 7) is 6.02. The number of rotatable bonds is 8. The van der Waals surface area contributed by atoms with Gasteiger partial charge in [0.1, 0.15) is 5.69 Å². The number of hydrogen-bond donors (Lipinski definition) is 1. The molecule has 3 aromatic rings. The molecule has 0 saturated carbocycles. The minimum absolute atomic E-state index is 0.112. The lowest BCUT2D eigenvalue weighted by molar-refractivity contribution is -0.384. The summed E-state index contributed by atoms with van der Waals surface area (Å²) >= 11 is 0. The maximum absolute atomic E-state index is 13.5. The van der Waals surface area contributed by atoms with Crippen molar-refractivity contribution >= 4 is 34.7 Å². The molecule has 2 amide bonds. The average molecular weight is 544 g/mol. The van der Waals surface area contributed by atoms with Crippen LogP contribution in [0.2, 0.25) is 0 Å². The van der Waals surface area contributed by atoms with Gasteiger partial charge >= 0.3 is 0 Å². The summed E-state index contributed by atoms with van der Waals surface area (Å²) in [7, 11) is 3.38. The number of nitrogens with zero attached hydrogens (tertiary/aromatic N) is 4. The zero-order chi connectivity index (χ0) is 29.0. The number of carbonyl (C=O) groups is 3. The number of anilines is 2. The number of nitrogens with one attached hydrogen (secondary N) is 1. The molecule has 0 atom stereocenters. The molecule has 1 fully saturated rings. The average Bonchev–Trinajstić information content (AvgIpc) is 2.94. The molecular formula is C30H33N5O5. The lowest BCUT2D eigenvalue weighted by Crippen LogP contribution is -2.50. The molecule has 40 heavy (non-hydrogen) atoms. The second-order valence-electron chi connectivity index (χ2n) is 10.1. The van der Waals surface area contributed by atoms with Crippen molar-refractivity contribution in [2.24, 2.45) is 0 Å². The number of ketones is 1. The normalized spacial score (nSPS) is 13.6. The molecule has 0 spiro atoms. The first-order valence-corrected chi connectivity index (χ1v) is 13.0. The van der Waals surface area contributed by atoms with E-state index in [9.17, 15) is 24.5 Å². The minimum Gasteiger partial charge on any atom is -0.372 e. The van der Waals surface area contributed by atoms with Crippen LogP contribution in [0.25, 0.3) is 0 Å². The molecule has 3 aromatic carbocycles. The van der Waals surface area contributed by atoms with Crippen LogP contribution in [0, 0.1) is 24.0 Å². The summed E-state index contributed by atoms with van der Waals surface area (Å²) in [6.07, 6.45) is 0. The molecule has 10 heteroatoms. The Kier molecular flexibility index (Phi) is 8.59. The number of hydrogen-bond acceptors (Lipinski definition) is 7. The molecule has 0 radical (unpaired) electrons. The standard InChI is InChI=1S/C30H33N5O5/c1-20-8-7-11-25(21(20)2)31-28(36)19-33-14-16-34(17-15-33)30(38)24-10-6-5-9-23(24)29(37)22-12-13-26(32(3)4)27(18-22)35(39)40/h5-13,18H,14-17,19H2,1-4H3,(H,31,36). The third-order valence-corrected chi connectivity index (χ3v) is 7.22. The SMILES string of the molecule is Cc1cccc(NC(=O)CN2CCN(C(=O)c3ccccc3C(=O)c3ccc(N(C)C)c([N+](=O)[O-])c3)CC2)c1C. The number of carbonyl (C=O) groups excluding carboxylic acids is 3. The van der Waals surface area contributed by atoms with E-state index >= 15 is 0 Å². The fourth-order valence-electron chi connectivity index (χ4n) is 4.77. The Morgan fingerprint density at radius 3 is 2.25 bits per heavy atom. The van der Waals surface area contributed by atoms with Crippen LogP contribution in [0.3, 0.4) is 0 Å². The van der Waals surface area contributed by atoms with Gasteiger partial charge in [-0.05, 0) is 49.2 Å². The van der Waals surface area contributed by atoms with Crippen molar-refractivity contribution < 1.29 is 19.3 Å². The molecule has 0 aliphatic carbocycles. The third kappa shape index (κ3) is 6.18. The zero-order valence-electron chi connectivity index (χ0n) is 23.1. The van der Waals surface area contributed by atoms with Crippen molar-refractivity contribution in [2.75, 3.05) is 57.0 Å². The summed E-state index contributed by atoms with van der Waals surface area (Å²) in [4.78, 5) is 55.9. The molecule has 1 heterocycles. The van der Waals surface area contributed by atoms with Gasteiger partial charge in [-0.15, -0.1) is 0 Å². The minimum atomic E-state index is -0.523. The number of aryl methyl sites for hydroxylation is 1. The molecular weight excluding hydrogens is 510 g/mol. The van der Waals surface area contributed by atoms with Crippen LogP contribution in [0.15, 0.2) is 60.7 Å². The van der Waals surface area contributed by atoms with E-state index in [1.807, 2.05) is 36.9 Å². The van der Waals surface area contributed by atoms with Crippen molar-refractivity contribution in [1.82, 2.24) is 9.80 Å². The number of nitro groups is 1. The zero-order valence-corrected chi connectivity index (χ0v) is 23.1. The fourth-order valence-corrected chi connectivity index (χ4v) is 4.77. The second kappa shape index (κ2) is 12.1. The largest absolute Gasteiger partial charge is 0.372 e. The van der Waals surface area contributed by atoms with Crippen molar-refractivity contribution in [3.8, 4) is 0 Å². The van der Waals surface area contributed by atoms with E-state index in [1.54, 1.807) is 48.2 Å². The molecule has 208 valence electrons. The number of piperazine rings is 1. The Hall–Kier alpha value is -4.57. The van der Waals surface area contributed by atoms with Crippen LogP contribution >= 0.6 is 0 Å². The van der Waals surface area contributed by atoms with Gasteiger partial charge in [0.15, 0.2) is 5.78 Å². The predicted octanol–water partition coefficient (Wildman–Crippen LogP) is 3.91. The van der Waals surface area contributed by atoms with E-state index in [1.165, 1.54) is 18.2 Å². The molecule has 1 N–H and O–H groups in total. The van der Waals surface area contributed by atoms with E-state index in [4.69, 9.17) is 0 Å². The van der Waals surface area contributed by atoms with Gasteiger partial charge in [0.2, 0.25) is 5.91 Å². The van der Waals surface area contributed by atoms with Crippen LogP contribution in [0.5, 0.6) is 0 Å². The van der Waals surface area contributed by atoms with Crippen molar-refractivity contribution in [2.45, 2.75) is 13.8 Å². The van der Waals surface area contributed by atoms with E-state index < -0.39 is 10.7 Å². The highest BCUT2D eigenvalue weighted by Gasteiger charge is 2.27. The number of amides is 2. The van der Waals surface area contributed by atoms with Crippen LogP contribution in [0.4, 0.5) is 17.1 Å². The molecule has 4 rings (SSSR count). The van der Waals surface area contributed by atoms with E-state index in [2.05, 4.69) is 5.32 Å². The summed E-state index contributed by atoms with van der Waals surface area (Å²) in [5, 5.41) is 14.6. The van der Waals surface area contributed by atoms with E-state index in [0.717, 1.165) is 16.8 Å².